The number of ketones is 1. The average Bonchev–Trinajstić information content (AvgIpc) is 2.48. The first-order valence-electron chi connectivity index (χ1n) is 6.50. The SMILES string of the molecule is O=C1CCN(S(=O)(=O)c2cccc(Cl)c2)c2ccc(F)cc21. The molecule has 114 valence electrons. The largest absolute Gasteiger partial charge is 0.294 e. The predicted octanol–water partition coefficient (Wildman–Crippen LogP) is 3.26. The zero-order valence-electron chi connectivity index (χ0n) is 11.3. The maximum absolute atomic E-state index is 13.3. The second-order valence-corrected chi connectivity index (χ2v) is 7.17. The molecule has 0 amide bonds. The minimum Gasteiger partial charge on any atom is -0.294 e. The van der Waals surface area contributed by atoms with Crippen molar-refractivity contribution in [3.63, 3.8) is 0 Å². The van der Waals surface area contributed by atoms with Gasteiger partial charge in [0.1, 0.15) is 5.82 Å². The van der Waals surface area contributed by atoms with E-state index in [1.165, 1.54) is 24.3 Å². The maximum Gasteiger partial charge on any atom is 0.264 e. The van der Waals surface area contributed by atoms with Crippen molar-refractivity contribution in [3.8, 4) is 0 Å². The fraction of sp³-hybridized carbons (Fsp3) is 0.133. The van der Waals surface area contributed by atoms with Gasteiger partial charge in [-0.1, -0.05) is 17.7 Å². The highest BCUT2D eigenvalue weighted by Gasteiger charge is 2.32. The number of benzene rings is 2. The fourth-order valence-corrected chi connectivity index (χ4v) is 4.20. The number of anilines is 1. The molecule has 0 aliphatic carbocycles. The third-order valence-electron chi connectivity index (χ3n) is 3.45. The van der Waals surface area contributed by atoms with Crippen LogP contribution in [0.25, 0.3) is 0 Å². The van der Waals surface area contributed by atoms with E-state index in [0.717, 1.165) is 16.4 Å². The Morgan fingerprint density at radius 1 is 1.14 bits per heavy atom. The van der Waals surface area contributed by atoms with E-state index >= 15 is 0 Å². The number of fused-ring (bicyclic) bond motifs is 1. The summed E-state index contributed by atoms with van der Waals surface area (Å²) in [5, 5.41) is 0.300. The third kappa shape index (κ3) is 2.48. The first-order chi connectivity index (χ1) is 10.4. The van der Waals surface area contributed by atoms with Crippen LogP contribution in [0.1, 0.15) is 16.8 Å². The van der Waals surface area contributed by atoms with Crippen LogP contribution >= 0.6 is 11.6 Å². The van der Waals surface area contributed by atoms with Crippen LogP contribution in [-0.2, 0) is 10.0 Å². The Labute approximate surface area is 132 Å². The molecule has 0 bridgehead atoms. The number of carbonyl (C=O) groups is 1. The molecule has 0 unspecified atom stereocenters. The van der Waals surface area contributed by atoms with Crippen molar-refractivity contribution in [2.75, 3.05) is 10.8 Å². The predicted molar refractivity (Wildman–Crippen MR) is 81.3 cm³/mol. The quantitative estimate of drug-likeness (QED) is 0.844. The van der Waals surface area contributed by atoms with Gasteiger partial charge in [-0.15, -0.1) is 0 Å². The lowest BCUT2D eigenvalue weighted by Gasteiger charge is -2.29. The molecule has 0 saturated carbocycles. The van der Waals surface area contributed by atoms with E-state index in [4.69, 9.17) is 11.6 Å². The molecule has 4 nitrogen and oxygen atoms in total. The number of sulfonamides is 1. The van der Waals surface area contributed by atoms with Crippen molar-refractivity contribution in [1.29, 1.82) is 0 Å². The summed E-state index contributed by atoms with van der Waals surface area (Å²) in [6.45, 7) is 0.0202. The molecule has 0 atom stereocenters. The summed E-state index contributed by atoms with van der Waals surface area (Å²) in [5.74, 6) is -0.846. The third-order valence-corrected chi connectivity index (χ3v) is 5.50. The van der Waals surface area contributed by atoms with Crippen LogP contribution < -0.4 is 4.31 Å². The molecule has 2 aromatic carbocycles. The van der Waals surface area contributed by atoms with Gasteiger partial charge in [0.25, 0.3) is 10.0 Å². The number of halogens is 2. The van der Waals surface area contributed by atoms with Crippen molar-refractivity contribution in [2.24, 2.45) is 0 Å². The molecule has 0 N–H and O–H groups in total. The van der Waals surface area contributed by atoms with E-state index in [1.807, 2.05) is 0 Å². The van der Waals surface area contributed by atoms with Gasteiger partial charge in [-0.25, -0.2) is 12.8 Å². The van der Waals surface area contributed by atoms with E-state index in [-0.39, 0.29) is 34.9 Å². The van der Waals surface area contributed by atoms with Crippen LogP contribution in [0.15, 0.2) is 47.4 Å². The molecule has 0 spiro atoms. The molecule has 3 rings (SSSR count). The molecular weight excluding hydrogens is 329 g/mol. The Balaban J connectivity index is 2.14. The Kier molecular flexibility index (Phi) is 3.66. The minimum atomic E-state index is -3.86. The lowest BCUT2D eigenvalue weighted by molar-refractivity contribution is 0.0981. The molecule has 0 radical (unpaired) electrons. The van der Waals surface area contributed by atoms with Gasteiger partial charge in [0.05, 0.1) is 10.6 Å². The van der Waals surface area contributed by atoms with Crippen molar-refractivity contribution >= 4 is 33.1 Å². The van der Waals surface area contributed by atoms with Gasteiger partial charge in [0.15, 0.2) is 5.78 Å². The van der Waals surface area contributed by atoms with E-state index in [0.29, 0.717) is 5.02 Å². The molecule has 22 heavy (non-hydrogen) atoms. The fourth-order valence-electron chi connectivity index (χ4n) is 2.41. The molecule has 1 aliphatic heterocycles. The average molecular weight is 340 g/mol. The molecular formula is C15H11ClFNO3S. The highest BCUT2D eigenvalue weighted by atomic mass is 35.5. The maximum atomic E-state index is 13.3. The normalized spacial score (nSPS) is 14.8. The zero-order valence-corrected chi connectivity index (χ0v) is 12.9. The summed E-state index contributed by atoms with van der Waals surface area (Å²) in [6.07, 6.45) is 0.0102. The monoisotopic (exact) mass is 339 g/mol. The zero-order chi connectivity index (χ0) is 15.9. The number of carbonyl (C=O) groups excluding carboxylic acids is 1. The summed E-state index contributed by atoms with van der Waals surface area (Å²) in [7, 11) is -3.86. The highest BCUT2D eigenvalue weighted by molar-refractivity contribution is 7.92. The van der Waals surface area contributed by atoms with Gasteiger partial charge in [0.2, 0.25) is 0 Å². The van der Waals surface area contributed by atoms with E-state index in [9.17, 15) is 17.6 Å². The summed E-state index contributed by atoms with van der Waals surface area (Å²) < 4.78 is 40.0. The van der Waals surface area contributed by atoms with Gasteiger partial charge in [-0.3, -0.25) is 9.10 Å². The number of hydrogen-bond acceptors (Lipinski definition) is 3. The Morgan fingerprint density at radius 3 is 2.64 bits per heavy atom. The van der Waals surface area contributed by atoms with E-state index in [2.05, 4.69) is 0 Å². The summed E-state index contributed by atoms with van der Waals surface area (Å²) in [4.78, 5) is 11.9. The van der Waals surface area contributed by atoms with Crippen molar-refractivity contribution in [1.82, 2.24) is 0 Å². The molecule has 1 heterocycles. The minimum absolute atomic E-state index is 0.0102. The van der Waals surface area contributed by atoms with Gasteiger partial charge in [0, 0.05) is 23.6 Å². The van der Waals surface area contributed by atoms with Crippen LogP contribution in [0.4, 0.5) is 10.1 Å². The van der Waals surface area contributed by atoms with E-state index in [1.54, 1.807) is 6.07 Å². The van der Waals surface area contributed by atoms with Crippen LogP contribution in [0.3, 0.4) is 0 Å². The van der Waals surface area contributed by atoms with Gasteiger partial charge in [-0.2, -0.15) is 0 Å². The lowest BCUT2D eigenvalue weighted by atomic mass is 10.0. The second kappa shape index (κ2) is 5.37. The van der Waals surface area contributed by atoms with E-state index < -0.39 is 15.8 Å². The number of nitrogens with zero attached hydrogens (tertiary/aromatic N) is 1. The first kappa shape index (κ1) is 15.0. The number of rotatable bonds is 2. The van der Waals surface area contributed by atoms with Crippen molar-refractivity contribution in [3.05, 3.63) is 58.9 Å². The van der Waals surface area contributed by atoms with Crippen LogP contribution in [0.5, 0.6) is 0 Å². The second-order valence-electron chi connectivity index (χ2n) is 4.87. The molecule has 1 aliphatic rings. The molecule has 7 heteroatoms. The smallest absolute Gasteiger partial charge is 0.264 e. The first-order valence-corrected chi connectivity index (χ1v) is 8.32. The molecule has 0 aromatic heterocycles. The number of hydrogen-bond donors (Lipinski definition) is 0. The standard InChI is InChI=1S/C15H11ClFNO3S/c16-10-2-1-3-12(8-10)22(20,21)18-7-6-15(19)13-9-11(17)4-5-14(13)18/h1-5,8-9H,6-7H2. The van der Waals surface area contributed by atoms with Crippen molar-refractivity contribution in [2.45, 2.75) is 11.3 Å². The Hall–Kier alpha value is -1.92. The topological polar surface area (TPSA) is 54.5 Å². The summed E-state index contributed by atoms with van der Waals surface area (Å²) in [6, 6.07) is 9.40. The molecule has 0 saturated heterocycles. The van der Waals surface area contributed by atoms with Crippen LogP contribution in [0.2, 0.25) is 5.02 Å². The van der Waals surface area contributed by atoms with Gasteiger partial charge in [-0.05, 0) is 36.4 Å². The molecule has 2 aromatic rings. The Bertz CT molecular complexity index is 867. The van der Waals surface area contributed by atoms with Crippen molar-refractivity contribution < 1.29 is 17.6 Å². The molecule has 0 fully saturated rings. The van der Waals surface area contributed by atoms with Gasteiger partial charge < -0.3 is 0 Å². The summed E-state index contributed by atoms with van der Waals surface area (Å²) >= 11 is 5.85. The highest BCUT2D eigenvalue weighted by Crippen LogP contribution is 2.32. The number of Topliss-reactive ketones (excluding diaryl/α,β-unsaturated/α-hetero) is 1. The lowest BCUT2D eigenvalue weighted by Crippen LogP contribution is -2.37. The van der Waals surface area contributed by atoms with Crippen LogP contribution in [-0.4, -0.2) is 20.7 Å². The summed E-state index contributed by atoms with van der Waals surface area (Å²) in [5.41, 5.74) is 0.273. The van der Waals surface area contributed by atoms with Crippen LogP contribution in [0, 0.1) is 5.82 Å². The van der Waals surface area contributed by atoms with Gasteiger partial charge >= 0.3 is 0 Å². The Morgan fingerprint density at radius 2 is 1.91 bits per heavy atom.